The van der Waals surface area contributed by atoms with Crippen molar-refractivity contribution < 1.29 is 0 Å². The predicted molar refractivity (Wildman–Crippen MR) is 86.0 cm³/mol. The minimum atomic E-state index is 0.0506. The van der Waals surface area contributed by atoms with Gasteiger partial charge in [-0.15, -0.1) is 0 Å². The van der Waals surface area contributed by atoms with Gasteiger partial charge >= 0.3 is 0 Å². The van der Waals surface area contributed by atoms with Crippen molar-refractivity contribution in [3.8, 4) is 0 Å². The van der Waals surface area contributed by atoms with Crippen LogP contribution in [0.2, 0.25) is 0 Å². The summed E-state index contributed by atoms with van der Waals surface area (Å²) in [5.74, 6) is 0. The molecule has 0 spiro atoms. The first-order valence-corrected chi connectivity index (χ1v) is 7.14. The summed E-state index contributed by atoms with van der Waals surface area (Å²) in [4.78, 5) is 2.17. The first kappa shape index (κ1) is 14.1. The molecule has 0 amide bonds. The molecular formula is C16H19BrN2. The Hall–Kier alpha value is -1.32. The zero-order valence-corrected chi connectivity index (χ0v) is 13.1. The van der Waals surface area contributed by atoms with E-state index in [1.165, 1.54) is 11.3 Å². The Kier molecular flexibility index (Phi) is 4.27. The van der Waals surface area contributed by atoms with Gasteiger partial charge in [0, 0.05) is 23.2 Å². The molecule has 2 N–H and O–H groups in total. The Morgan fingerprint density at radius 3 is 2.47 bits per heavy atom. The van der Waals surface area contributed by atoms with E-state index in [1.807, 2.05) is 6.92 Å². The molecule has 3 heteroatoms. The third-order valence-electron chi connectivity index (χ3n) is 3.25. The molecule has 100 valence electrons. The van der Waals surface area contributed by atoms with Crippen molar-refractivity contribution in [1.29, 1.82) is 0 Å². The highest BCUT2D eigenvalue weighted by Crippen LogP contribution is 2.32. The fourth-order valence-corrected chi connectivity index (χ4v) is 2.72. The highest BCUT2D eigenvalue weighted by atomic mass is 79.9. The lowest BCUT2D eigenvalue weighted by Gasteiger charge is -2.22. The maximum absolute atomic E-state index is 5.91. The molecule has 0 heterocycles. The van der Waals surface area contributed by atoms with Crippen molar-refractivity contribution >= 4 is 27.3 Å². The van der Waals surface area contributed by atoms with Gasteiger partial charge in [0.25, 0.3) is 0 Å². The molecule has 0 aromatic heterocycles. The van der Waals surface area contributed by atoms with Gasteiger partial charge in [0.1, 0.15) is 0 Å². The molecule has 2 nitrogen and oxygen atoms in total. The van der Waals surface area contributed by atoms with Crippen LogP contribution in [0.25, 0.3) is 0 Å². The van der Waals surface area contributed by atoms with E-state index in [0.717, 1.165) is 15.7 Å². The van der Waals surface area contributed by atoms with Crippen LogP contribution < -0.4 is 10.6 Å². The summed E-state index contributed by atoms with van der Waals surface area (Å²) in [5, 5.41) is 0. The molecule has 0 radical (unpaired) electrons. The maximum Gasteiger partial charge on any atom is 0.0552 e. The second-order valence-corrected chi connectivity index (χ2v) is 5.75. The van der Waals surface area contributed by atoms with Crippen LogP contribution in [0.5, 0.6) is 0 Å². The summed E-state index contributed by atoms with van der Waals surface area (Å²) >= 11 is 3.63. The number of hydrogen-bond donors (Lipinski definition) is 1. The molecule has 0 aliphatic carbocycles. The Morgan fingerprint density at radius 2 is 1.89 bits per heavy atom. The Labute approximate surface area is 123 Å². The Balaban J connectivity index is 2.36. The van der Waals surface area contributed by atoms with E-state index >= 15 is 0 Å². The molecule has 1 atom stereocenters. The number of halogens is 1. The van der Waals surface area contributed by atoms with Gasteiger partial charge in [0.15, 0.2) is 0 Å². The van der Waals surface area contributed by atoms with Gasteiger partial charge in [-0.05, 0) is 65.2 Å². The van der Waals surface area contributed by atoms with Gasteiger partial charge in [0.2, 0.25) is 0 Å². The molecule has 0 saturated carbocycles. The molecular weight excluding hydrogens is 300 g/mol. The lowest BCUT2D eigenvalue weighted by atomic mass is 10.1. The fraction of sp³-hybridized carbons (Fsp3) is 0.250. The summed E-state index contributed by atoms with van der Waals surface area (Å²) in [7, 11) is 2.07. The molecule has 1 unspecified atom stereocenters. The molecule has 0 bridgehead atoms. The predicted octanol–water partition coefficient (Wildman–Crippen LogP) is 4.55. The second kappa shape index (κ2) is 5.76. The SMILES string of the molecule is Cc1cccc(N(C)c2ccc(C(C)N)cc2Br)c1. The average Bonchev–Trinajstić information content (AvgIpc) is 2.37. The lowest BCUT2D eigenvalue weighted by molar-refractivity contribution is 0.817. The molecule has 0 saturated heterocycles. The standard InChI is InChI=1S/C16H19BrN2/c1-11-5-4-6-14(9-11)19(3)16-8-7-13(12(2)18)10-15(16)17/h4-10,12H,18H2,1-3H3. The number of anilines is 2. The summed E-state index contributed by atoms with van der Waals surface area (Å²) in [5.41, 5.74) is 10.6. The monoisotopic (exact) mass is 318 g/mol. The van der Waals surface area contributed by atoms with E-state index in [-0.39, 0.29) is 6.04 Å². The molecule has 2 aromatic rings. The van der Waals surface area contributed by atoms with Gasteiger partial charge in [-0.25, -0.2) is 0 Å². The smallest absolute Gasteiger partial charge is 0.0552 e. The van der Waals surface area contributed by atoms with Crippen LogP contribution >= 0.6 is 15.9 Å². The number of aryl methyl sites for hydroxylation is 1. The summed E-state index contributed by atoms with van der Waals surface area (Å²) in [6.07, 6.45) is 0. The van der Waals surface area contributed by atoms with Gasteiger partial charge in [-0.3, -0.25) is 0 Å². The van der Waals surface area contributed by atoms with E-state index in [0.29, 0.717) is 0 Å². The van der Waals surface area contributed by atoms with Crippen molar-refractivity contribution in [1.82, 2.24) is 0 Å². The van der Waals surface area contributed by atoms with E-state index in [9.17, 15) is 0 Å². The zero-order valence-electron chi connectivity index (χ0n) is 11.5. The van der Waals surface area contributed by atoms with Gasteiger partial charge < -0.3 is 10.6 Å². The minimum absolute atomic E-state index is 0.0506. The third-order valence-corrected chi connectivity index (χ3v) is 3.88. The molecule has 19 heavy (non-hydrogen) atoms. The average molecular weight is 319 g/mol. The zero-order chi connectivity index (χ0) is 14.0. The van der Waals surface area contributed by atoms with E-state index in [4.69, 9.17) is 5.73 Å². The topological polar surface area (TPSA) is 29.3 Å². The van der Waals surface area contributed by atoms with Crippen LogP contribution in [-0.2, 0) is 0 Å². The third kappa shape index (κ3) is 3.17. The highest BCUT2D eigenvalue weighted by molar-refractivity contribution is 9.10. The fourth-order valence-electron chi connectivity index (χ4n) is 2.05. The number of benzene rings is 2. The number of rotatable bonds is 3. The van der Waals surface area contributed by atoms with Gasteiger partial charge in [-0.1, -0.05) is 18.2 Å². The first-order valence-electron chi connectivity index (χ1n) is 6.34. The van der Waals surface area contributed by atoms with Crippen LogP contribution in [0, 0.1) is 6.92 Å². The van der Waals surface area contributed by atoms with Gasteiger partial charge in [0.05, 0.1) is 5.69 Å². The molecule has 0 fully saturated rings. The van der Waals surface area contributed by atoms with Crippen LogP contribution in [-0.4, -0.2) is 7.05 Å². The quantitative estimate of drug-likeness (QED) is 0.899. The molecule has 0 aliphatic heterocycles. The van der Waals surface area contributed by atoms with Crippen molar-refractivity contribution in [2.45, 2.75) is 19.9 Å². The molecule has 2 rings (SSSR count). The van der Waals surface area contributed by atoms with E-state index in [1.54, 1.807) is 0 Å². The largest absolute Gasteiger partial charge is 0.344 e. The van der Waals surface area contributed by atoms with Crippen molar-refractivity contribution in [2.24, 2.45) is 5.73 Å². The minimum Gasteiger partial charge on any atom is -0.344 e. The van der Waals surface area contributed by atoms with Crippen molar-refractivity contribution in [3.05, 3.63) is 58.1 Å². The summed E-state index contributed by atoms with van der Waals surface area (Å²) < 4.78 is 1.06. The van der Waals surface area contributed by atoms with Crippen LogP contribution in [0.3, 0.4) is 0 Å². The Morgan fingerprint density at radius 1 is 1.16 bits per heavy atom. The number of nitrogens with two attached hydrogens (primary N) is 1. The number of nitrogens with zero attached hydrogens (tertiary/aromatic N) is 1. The summed E-state index contributed by atoms with van der Waals surface area (Å²) in [6, 6.07) is 14.8. The summed E-state index contributed by atoms with van der Waals surface area (Å²) in [6.45, 7) is 4.09. The number of hydrogen-bond acceptors (Lipinski definition) is 2. The molecule has 2 aromatic carbocycles. The van der Waals surface area contributed by atoms with E-state index in [2.05, 4.69) is 77.3 Å². The highest BCUT2D eigenvalue weighted by Gasteiger charge is 2.10. The van der Waals surface area contributed by atoms with E-state index < -0.39 is 0 Å². The Bertz CT molecular complexity index is 579. The van der Waals surface area contributed by atoms with Gasteiger partial charge in [-0.2, -0.15) is 0 Å². The normalized spacial score (nSPS) is 12.3. The van der Waals surface area contributed by atoms with Crippen LogP contribution in [0.15, 0.2) is 46.9 Å². The van der Waals surface area contributed by atoms with Crippen molar-refractivity contribution in [2.75, 3.05) is 11.9 Å². The van der Waals surface area contributed by atoms with Crippen molar-refractivity contribution in [3.63, 3.8) is 0 Å². The lowest BCUT2D eigenvalue weighted by Crippen LogP contribution is -2.11. The second-order valence-electron chi connectivity index (χ2n) is 4.90. The maximum atomic E-state index is 5.91. The molecule has 0 aliphatic rings. The van der Waals surface area contributed by atoms with Crippen LogP contribution in [0.1, 0.15) is 24.1 Å². The van der Waals surface area contributed by atoms with Crippen LogP contribution in [0.4, 0.5) is 11.4 Å². The first-order chi connectivity index (χ1) is 8.99.